The predicted octanol–water partition coefficient (Wildman–Crippen LogP) is 4.23. The number of carbonyl (C=O) groups excluding carboxylic acids is 1. The van der Waals surface area contributed by atoms with Crippen LogP contribution in [0.25, 0.3) is 10.9 Å². The second kappa shape index (κ2) is 8.38. The molecule has 1 fully saturated rings. The largest absolute Gasteiger partial charge is 0.417 e. The number of hydrogen-bond acceptors (Lipinski definition) is 5. The third kappa shape index (κ3) is 3.89. The van der Waals surface area contributed by atoms with Crippen molar-refractivity contribution in [1.29, 1.82) is 5.26 Å². The van der Waals surface area contributed by atoms with E-state index in [1.807, 2.05) is 12.3 Å². The minimum atomic E-state index is -4.76. The molecule has 11 heteroatoms. The first kappa shape index (κ1) is 23.7. The van der Waals surface area contributed by atoms with E-state index in [2.05, 4.69) is 5.10 Å². The second-order valence-corrected chi connectivity index (χ2v) is 8.73. The number of amides is 1. The molecule has 0 atom stereocenters. The summed E-state index contributed by atoms with van der Waals surface area (Å²) in [6, 6.07) is 9.96. The molecule has 0 aliphatic carbocycles. The summed E-state index contributed by atoms with van der Waals surface area (Å²) >= 11 is 5.57. The summed E-state index contributed by atoms with van der Waals surface area (Å²) in [5.41, 5.74) is -1.59. The molecule has 0 unspecified atom stereocenters. The summed E-state index contributed by atoms with van der Waals surface area (Å²) < 4.78 is 42.2. The number of thiocarbonyl (C=S) groups is 1. The number of nitrogens with zero attached hydrogens (tertiary/aromatic N) is 5. The number of fused-ring (bicyclic) bond motifs is 1. The summed E-state index contributed by atoms with van der Waals surface area (Å²) in [5, 5.41) is 23.4. The fourth-order valence-corrected chi connectivity index (χ4v) is 4.53. The van der Waals surface area contributed by atoms with Gasteiger partial charge in [-0.15, -0.1) is 0 Å². The van der Waals surface area contributed by atoms with Gasteiger partial charge in [-0.1, -0.05) is 0 Å². The predicted molar refractivity (Wildman–Crippen MR) is 124 cm³/mol. The van der Waals surface area contributed by atoms with E-state index in [4.69, 9.17) is 22.6 Å². The van der Waals surface area contributed by atoms with Gasteiger partial charge >= 0.3 is 6.18 Å². The van der Waals surface area contributed by atoms with Gasteiger partial charge in [0, 0.05) is 30.4 Å². The number of rotatable bonds is 5. The molecular weight excluding hydrogens is 467 g/mol. The molecule has 1 amide bonds. The van der Waals surface area contributed by atoms with Crippen LogP contribution < -0.4 is 9.80 Å². The van der Waals surface area contributed by atoms with Crippen LogP contribution in [0, 0.1) is 11.3 Å². The standard InChI is InChI=1S/C23H20F3N5O2S/c1-22(2)20(33)30(16-5-4-14(12-27)18(11-16)23(24,25)26)21(34)31(22)17-6-7-19-15(10-17)13-29(28-19)8-3-9-32/h4-7,10-11,13,32H,3,8-9H2,1-2H3. The molecule has 1 aliphatic rings. The van der Waals surface area contributed by atoms with E-state index in [1.165, 1.54) is 12.1 Å². The van der Waals surface area contributed by atoms with Gasteiger partial charge in [-0.25, -0.2) is 0 Å². The van der Waals surface area contributed by atoms with Crippen LogP contribution in [0.5, 0.6) is 0 Å². The molecule has 176 valence electrons. The fraction of sp³-hybridized carbons (Fsp3) is 0.304. The lowest BCUT2D eigenvalue weighted by molar-refractivity contribution is -0.137. The van der Waals surface area contributed by atoms with Gasteiger partial charge in [-0.3, -0.25) is 14.4 Å². The Labute approximate surface area is 198 Å². The van der Waals surface area contributed by atoms with Crippen molar-refractivity contribution in [2.75, 3.05) is 16.4 Å². The van der Waals surface area contributed by atoms with Gasteiger partial charge in [0.2, 0.25) is 0 Å². The minimum absolute atomic E-state index is 0.0276. The summed E-state index contributed by atoms with van der Waals surface area (Å²) in [6.45, 7) is 3.87. The third-order valence-corrected chi connectivity index (χ3v) is 6.06. The highest BCUT2D eigenvalue weighted by molar-refractivity contribution is 7.81. The van der Waals surface area contributed by atoms with E-state index >= 15 is 0 Å². The van der Waals surface area contributed by atoms with Crippen LogP contribution in [0.3, 0.4) is 0 Å². The fourth-order valence-electron chi connectivity index (χ4n) is 4.01. The highest BCUT2D eigenvalue weighted by atomic mass is 32.1. The van der Waals surface area contributed by atoms with Gasteiger partial charge < -0.3 is 10.0 Å². The van der Waals surface area contributed by atoms with Crippen LogP contribution in [0.15, 0.2) is 42.6 Å². The number of anilines is 2. The van der Waals surface area contributed by atoms with E-state index in [9.17, 15) is 18.0 Å². The Kier molecular flexibility index (Phi) is 5.83. The molecule has 0 spiro atoms. The maximum atomic E-state index is 13.5. The van der Waals surface area contributed by atoms with Crippen molar-refractivity contribution in [3.05, 3.63) is 53.7 Å². The smallest absolute Gasteiger partial charge is 0.396 e. The molecule has 1 saturated heterocycles. The Morgan fingerprint density at radius 1 is 1.18 bits per heavy atom. The van der Waals surface area contributed by atoms with Crippen LogP contribution in [-0.4, -0.2) is 38.1 Å². The molecule has 3 aromatic rings. The van der Waals surface area contributed by atoms with Crippen LogP contribution in [0.2, 0.25) is 0 Å². The zero-order valence-corrected chi connectivity index (χ0v) is 19.1. The van der Waals surface area contributed by atoms with Gasteiger partial charge in [-0.05, 0) is 68.9 Å². The Balaban J connectivity index is 1.75. The highest BCUT2D eigenvalue weighted by Gasteiger charge is 2.50. The number of aryl methyl sites for hydroxylation is 1. The lowest BCUT2D eigenvalue weighted by Gasteiger charge is -2.29. The number of aliphatic hydroxyl groups is 1. The van der Waals surface area contributed by atoms with Crippen LogP contribution in [-0.2, 0) is 17.5 Å². The molecule has 0 radical (unpaired) electrons. The Bertz CT molecular complexity index is 1340. The van der Waals surface area contributed by atoms with Crippen LogP contribution in [0.4, 0.5) is 24.5 Å². The van der Waals surface area contributed by atoms with E-state index in [-0.39, 0.29) is 17.4 Å². The topological polar surface area (TPSA) is 85.4 Å². The van der Waals surface area contributed by atoms with E-state index in [1.54, 1.807) is 35.6 Å². The number of benzene rings is 2. The molecule has 7 nitrogen and oxygen atoms in total. The number of halogens is 3. The SMILES string of the molecule is CC1(C)C(=O)N(c2ccc(C#N)c(C(F)(F)F)c2)C(=S)N1c1ccc2nn(CCCO)cc2c1. The van der Waals surface area contributed by atoms with Gasteiger partial charge in [0.15, 0.2) is 5.11 Å². The molecule has 0 bridgehead atoms. The first-order valence-corrected chi connectivity index (χ1v) is 10.8. The van der Waals surface area contributed by atoms with Gasteiger partial charge in [-0.2, -0.15) is 23.5 Å². The second-order valence-electron chi connectivity index (χ2n) is 8.37. The molecule has 2 aromatic carbocycles. The van der Waals surface area contributed by atoms with Crippen molar-refractivity contribution < 1.29 is 23.1 Å². The Hall–Kier alpha value is -3.49. The molecule has 34 heavy (non-hydrogen) atoms. The zero-order chi connectivity index (χ0) is 24.8. The third-order valence-electron chi connectivity index (χ3n) is 5.69. The first-order valence-electron chi connectivity index (χ1n) is 10.4. The maximum absolute atomic E-state index is 13.5. The molecule has 0 saturated carbocycles. The lowest BCUT2D eigenvalue weighted by atomic mass is 10.0. The van der Waals surface area contributed by atoms with Crippen molar-refractivity contribution in [3.63, 3.8) is 0 Å². The maximum Gasteiger partial charge on any atom is 0.417 e. The van der Waals surface area contributed by atoms with Gasteiger partial charge in [0.05, 0.1) is 28.4 Å². The highest BCUT2D eigenvalue weighted by Crippen LogP contribution is 2.40. The van der Waals surface area contributed by atoms with Crippen molar-refractivity contribution in [2.45, 2.75) is 38.5 Å². The molecular formula is C23H20F3N5O2S. The van der Waals surface area contributed by atoms with E-state index in [0.29, 0.717) is 18.7 Å². The number of carbonyl (C=O) groups is 1. The molecule has 4 rings (SSSR count). The molecule has 1 aromatic heterocycles. The Morgan fingerprint density at radius 2 is 1.88 bits per heavy atom. The average molecular weight is 488 g/mol. The summed E-state index contributed by atoms with van der Waals surface area (Å²) in [6.07, 6.45) is -2.39. The van der Waals surface area contributed by atoms with Crippen molar-refractivity contribution in [3.8, 4) is 6.07 Å². The van der Waals surface area contributed by atoms with E-state index in [0.717, 1.165) is 27.9 Å². The quantitative estimate of drug-likeness (QED) is 0.543. The van der Waals surface area contributed by atoms with Crippen LogP contribution >= 0.6 is 12.2 Å². The van der Waals surface area contributed by atoms with Crippen molar-refractivity contribution >= 4 is 45.5 Å². The number of nitriles is 1. The number of hydrogen-bond donors (Lipinski definition) is 1. The van der Waals surface area contributed by atoms with Gasteiger partial charge in [0.25, 0.3) is 5.91 Å². The van der Waals surface area contributed by atoms with Crippen molar-refractivity contribution in [1.82, 2.24) is 9.78 Å². The number of aliphatic hydroxyl groups excluding tert-OH is 1. The van der Waals surface area contributed by atoms with E-state index < -0.39 is 28.7 Å². The lowest BCUT2D eigenvalue weighted by Crippen LogP contribution is -2.44. The minimum Gasteiger partial charge on any atom is -0.396 e. The summed E-state index contributed by atoms with van der Waals surface area (Å²) in [4.78, 5) is 16.0. The summed E-state index contributed by atoms with van der Waals surface area (Å²) in [5.74, 6) is -0.492. The first-order chi connectivity index (χ1) is 16.0. The summed E-state index contributed by atoms with van der Waals surface area (Å²) in [7, 11) is 0. The van der Waals surface area contributed by atoms with Crippen LogP contribution in [0.1, 0.15) is 31.4 Å². The molecule has 1 aliphatic heterocycles. The molecule has 2 heterocycles. The number of aromatic nitrogens is 2. The monoisotopic (exact) mass is 487 g/mol. The van der Waals surface area contributed by atoms with Crippen molar-refractivity contribution in [2.24, 2.45) is 0 Å². The number of alkyl halides is 3. The normalized spacial score (nSPS) is 15.9. The average Bonchev–Trinajstić information content (AvgIpc) is 3.26. The van der Waals surface area contributed by atoms with Gasteiger partial charge in [0.1, 0.15) is 5.54 Å². The molecule has 1 N–H and O–H groups in total. The Morgan fingerprint density at radius 3 is 2.53 bits per heavy atom. The zero-order valence-electron chi connectivity index (χ0n) is 18.3.